The van der Waals surface area contributed by atoms with Crippen molar-refractivity contribution in [2.75, 3.05) is 23.8 Å². The van der Waals surface area contributed by atoms with Gasteiger partial charge in [-0.3, -0.25) is 10.4 Å². The average molecular weight is 472 g/mol. The maximum atomic E-state index is 8.78. The molecule has 2 aromatic heterocycles. The van der Waals surface area contributed by atoms with E-state index < -0.39 is 0 Å². The molecule has 0 amide bonds. The third-order valence-electron chi connectivity index (χ3n) is 5.25. The Morgan fingerprint density at radius 1 is 1.22 bits per heavy atom. The van der Waals surface area contributed by atoms with Crippen molar-refractivity contribution in [1.82, 2.24) is 9.97 Å². The quantitative estimate of drug-likeness (QED) is 0.389. The predicted octanol–water partition coefficient (Wildman–Crippen LogP) is 4.97. The summed E-state index contributed by atoms with van der Waals surface area (Å²) in [6.45, 7) is 5.76. The van der Waals surface area contributed by atoms with Gasteiger partial charge in [-0.05, 0) is 38.1 Å². The van der Waals surface area contributed by atoms with Gasteiger partial charge in [-0.15, -0.1) is 0 Å². The van der Waals surface area contributed by atoms with Crippen molar-refractivity contribution in [2.24, 2.45) is 0 Å². The molecule has 1 aromatic carbocycles. The van der Waals surface area contributed by atoms with Crippen LogP contribution in [-0.2, 0) is 6.61 Å². The van der Waals surface area contributed by atoms with E-state index in [0.29, 0.717) is 50.7 Å². The fraction of sp³-hybridized carbons (Fsp3) is 0.261. The highest BCUT2D eigenvalue weighted by Gasteiger charge is 2.23. The third-order valence-corrected chi connectivity index (χ3v) is 5.91. The lowest BCUT2D eigenvalue weighted by Crippen LogP contribution is -2.38. The number of rotatable bonds is 6. The Balaban J connectivity index is 1.60. The van der Waals surface area contributed by atoms with Gasteiger partial charge in [0.05, 0.1) is 22.3 Å². The zero-order chi connectivity index (χ0) is 22.8. The number of fused-ring (bicyclic) bond motifs is 1. The van der Waals surface area contributed by atoms with Gasteiger partial charge in [-0.2, -0.15) is 0 Å². The van der Waals surface area contributed by atoms with E-state index in [1.165, 1.54) is 12.4 Å². The minimum atomic E-state index is 0.165. The monoisotopic (exact) mass is 471 g/mol. The smallest absolute Gasteiger partial charge is 0.237 e. The van der Waals surface area contributed by atoms with Crippen molar-refractivity contribution in [3.63, 3.8) is 0 Å². The Morgan fingerprint density at radius 3 is 2.69 bits per heavy atom. The van der Waals surface area contributed by atoms with Crippen LogP contribution in [0.3, 0.4) is 0 Å². The second-order valence-electron chi connectivity index (χ2n) is 7.68. The molecule has 166 valence electrons. The van der Waals surface area contributed by atoms with Gasteiger partial charge in [0, 0.05) is 47.0 Å². The van der Waals surface area contributed by atoms with Crippen molar-refractivity contribution in [1.29, 1.82) is 5.41 Å². The maximum Gasteiger partial charge on any atom is 0.237 e. The number of pyridine rings is 2. The summed E-state index contributed by atoms with van der Waals surface area (Å²) in [5, 5.41) is 9.64. The number of nitrogens with one attached hydrogen (secondary N) is 1. The summed E-state index contributed by atoms with van der Waals surface area (Å²) >= 11 is 12.3. The Hall–Kier alpha value is -3.03. The lowest BCUT2D eigenvalue weighted by atomic mass is 10.0. The van der Waals surface area contributed by atoms with Crippen LogP contribution in [0.25, 0.3) is 0 Å². The minimum Gasteiger partial charge on any atom is -0.489 e. The van der Waals surface area contributed by atoms with Crippen LogP contribution in [-0.4, -0.2) is 34.9 Å². The second-order valence-corrected chi connectivity index (χ2v) is 8.49. The number of hydrogen-bond acceptors (Lipinski definition) is 7. The molecule has 0 atom stereocenters. The van der Waals surface area contributed by atoms with Crippen LogP contribution in [0.1, 0.15) is 30.5 Å². The molecule has 4 rings (SSSR count). The van der Waals surface area contributed by atoms with Crippen LogP contribution >= 0.6 is 23.2 Å². The molecular weight excluding hydrogens is 449 g/mol. The first-order chi connectivity index (χ1) is 15.3. The van der Waals surface area contributed by atoms with E-state index in [9.17, 15) is 0 Å². The summed E-state index contributed by atoms with van der Waals surface area (Å²) in [6, 6.07) is 7.40. The van der Waals surface area contributed by atoms with E-state index in [1.807, 2.05) is 6.07 Å². The van der Waals surface area contributed by atoms with E-state index in [0.717, 1.165) is 12.2 Å². The van der Waals surface area contributed by atoms with Crippen LogP contribution < -0.4 is 20.1 Å². The molecule has 0 saturated carbocycles. The van der Waals surface area contributed by atoms with Gasteiger partial charge in [0.25, 0.3) is 0 Å². The zero-order valence-corrected chi connectivity index (χ0v) is 19.2. The SMILES string of the molecule is CC(C)N1CCOc2ncc(C(=N)c3cc(OCc4c(Cl)cncc4Cl)ccc3N)cc21. The topological polar surface area (TPSA) is 97.3 Å². The van der Waals surface area contributed by atoms with Gasteiger partial charge in [-0.25, -0.2) is 4.98 Å². The number of nitrogens with zero attached hydrogens (tertiary/aromatic N) is 3. The van der Waals surface area contributed by atoms with E-state index in [-0.39, 0.29) is 18.4 Å². The van der Waals surface area contributed by atoms with Gasteiger partial charge in [0.15, 0.2) is 0 Å². The summed E-state index contributed by atoms with van der Waals surface area (Å²) in [6.07, 6.45) is 4.67. The van der Waals surface area contributed by atoms with Crippen LogP contribution in [0, 0.1) is 5.41 Å². The van der Waals surface area contributed by atoms with Crippen molar-refractivity contribution >= 4 is 40.3 Å². The molecule has 3 aromatic rings. The number of hydrogen-bond donors (Lipinski definition) is 2. The molecule has 3 heterocycles. The molecule has 0 radical (unpaired) electrons. The fourth-order valence-corrected chi connectivity index (χ4v) is 3.99. The predicted molar refractivity (Wildman–Crippen MR) is 128 cm³/mol. The molecule has 9 heteroatoms. The standard InChI is InChI=1S/C23H23Cl2N5O2/c1-13(2)30-5-6-31-23-21(30)7-14(9-29-23)22(27)16-8-15(3-4-20(16)26)32-12-17-18(24)10-28-11-19(17)25/h3-4,7-11,13,27H,5-6,12,26H2,1-2H3. The molecule has 32 heavy (non-hydrogen) atoms. The summed E-state index contributed by atoms with van der Waals surface area (Å²) in [4.78, 5) is 10.6. The number of benzene rings is 1. The number of anilines is 2. The summed E-state index contributed by atoms with van der Waals surface area (Å²) in [5.74, 6) is 1.12. The van der Waals surface area contributed by atoms with Crippen LogP contribution in [0.4, 0.5) is 11.4 Å². The molecule has 3 N–H and O–H groups in total. The van der Waals surface area contributed by atoms with Crippen LogP contribution in [0.15, 0.2) is 42.9 Å². The van der Waals surface area contributed by atoms with E-state index >= 15 is 0 Å². The zero-order valence-electron chi connectivity index (χ0n) is 17.7. The number of halogens is 2. The number of aromatic nitrogens is 2. The molecular formula is C23H23Cl2N5O2. The van der Waals surface area contributed by atoms with Gasteiger partial charge in [0.1, 0.15) is 24.7 Å². The van der Waals surface area contributed by atoms with Crippen LogP contribution in [0.2, 0.25) is 10.0 Å². The highest BCUT2D eigenvalue weighted by atomic mass is 35.5. The normalized spacial score (nSPS) is 13.0. The molecule has 0 saturated heterocycles. The van der Waals surface area contributed by atoms with E-state index in [2.05, 4.69) is 28.7 Å². The van der Waals surface area contributed by atoms with Crippen molar-refractivity contribution in [3.05, 3.63) is 69.6 Å². The Morgan fingerprint density at radius 2 is 1.97 bits per heavy atom. The largest absolute Gasteiger partial charge is 0.489 e. The lowest BCUT2D eigenvalue weighted by molar-refractivity contribution is 0.291. The van der Waals surface area contributed by atoms with Gasteiger partial charge >= 0.3 is 0 Å². The summed E-state index contributed by atoms with van der Waals surface area (Å²) in [7, 11) is 0. The number of nitrogen functional groups attached to an aromatic ring is 1. The molecule has 1 aliphatic rings. The molecule has 0 fully saturated rings. The molecule has 7 nitrogen and oxygen atoms in total. The molecule has 0 bridgehead atoms. The maximum absolute atomic E-state index is 8.78. The van der Waals surface area contributed by atoms with Gasteiger partial charge < -0.3 is 20.1 Å². The molecule has 0 aliphatic carbocycles. The van der Waals surface area contributed by atoms with Crippen molar-refractivity contribution in [2.45, 2.75) is 26.5 Å². The van der Waals surface area contributed by atoms with E-state index in [1.54, 1.807) is 24.4 Å². The summed E-state index contributed by atoms with van der Waals surface area (Å²) < 4.78 is 11.6. The Bertz CT molecular complexity index is 1150. The molecule has 1 aliphatic heterocycles. The highest BCUT2D eigenvalue weighted by Crippen LogP contribution is 2.33. The van der Waals surface area contributed by atoms with Gasteiger partial charge in [0.2, 0.25) is 5.88 Å². The third kappa shape index (κ3) is 4.45. The first-order valence-electron chi connectivity index (χ1n) is 10.1. The highest BCUT2D eigenvalue weighted by molar-refractivity contribution is 6.35. The Kier molecular flexibility index (Phi) is 6.39. The number of ether oxygens (including phenoxy) is 2. The van der Waals surface area contributed by atoms with Crippen molar-refractivity contribution in [3.8, 4) is 11.6 Å². The number of nitrogens with two attached hydrogens (primary N) is 1. The summed E-state index contributed by atoms with van der Waals surface area (Å²) in [5.41, 5.74) is 9.62. The van der Waals surface area contributed by atoms with Crippen molar-refractivity contribution < 1.29 is 9.47 Å². The first kappa shape index (κ1) is 22.2. The fourth-order valence-electron chi connectivity index (χ4n) is 3.52. The van der Waals surface area contributed by atoms with Gasteiger partial charge in [-0.1, -0.05) is 23.2 Å². The minimum absolute atomic E-state index is 0.165. The molecule has 0 unspecified atom stereocenters. The van der Waals surface area contributed by atoms with Crippen LogP contribution in [0.5, 0.6) is 11.6 Å². The Labute approximate surface area is 196 Å². The average Bonchev–Trinajstić information content (AvgIpc) is 2.78. The van der Waals surface area contributed by atoms with E-state index in [4.69, 9.17) is 43.8 Å². The second kappa shape index (κ2) is 9.22. The lowest BCUT2D eigenvalue weighted by Gasteiger charge is -2.33. The molecule has 0 spiro atoms. The first-order valence-corrected chi connectivity index (χ1v) is 10.9.